The van der Waals surface area contributed by atoms with Crippen LogP contribution in [0.15, 0.2) is 12.2 Å². The number of ether oxygens (including phenoxy) is 2. The third kappa shape index (κ3) is 25.1. The molecule has 52 heavy (non-hydrogen) atoms. The molecule has 0 aromatic carbocycles. The van der Waals surface area contributed by atoms with Crippen molar-refractivity contribution in [1.82, 2.24) is 5.32 Å². The molecule has 1 amide bonds. The van der Waals surface area contributed by atoms with E-state index in [4.69, 9.17) is 9.47 Å². The number of carbonyl (C=O) groups excluding carboxylic acids is 1. The van der Waals surface area contributed by atoms with E-state index >= 15 is 0 Å². The summed E-state index contributed by atoms with van der Waals surface area (Å²) in [5.74, 6) is -0.166. The SMILES string of the molecule is CCCCCCCCCCCCC/C=C/C[C@@H](O)[C@H](CO[C@@H]1O[C@H](CO)[C@@H](O)[C@H](O)[C@H]1O)NC(=O)CCCCCCCCCCCCCCCCC. The van der Waals surface area contributed by atoms with Gasteiger partial charge >= 0.3 is 0 Å². The summed E-state index contributed by atoms with van der Waals surface area (Å²) in [5, 5.41) is 54.1. The molecular weight excluding hydrogens is 658 g/mol. The Morgan fingerprint density at radius 2 is 1.08 bits per heavy atom. The van der Waals surface area contributed by atoms with E-state index in [0.717, 1.165) is 32.1 Å². The van der Waals surface area contributed by atoms with Crippen LogP contribution in [-0.2, 0) is 14.3 Å². The van der Waals surface area contributed by atoms with Gasteiger partial charge in [0.25, 0.3) is 0 Å². The van der Waals surface area contributed by atoms with Gasteiger partial charge in [0.15, 0.2) is 6.29 Å². The Morgan fingerprint density at radius 3 is 1.54 bits per heavy atom. The zero-order valence-electron chi connectivity index (χ0n) is 33.6. The summed E-state index contributed by atoms with van der Waals surface area (Å²) in [6.45, 7) is 3.79. The fraction of sp³-hybridized carbons (Fsp3) is 0.930. The molecule has 1 fully saturated rings. The van der Waals surface area contributed by atoms with Crippen molar-refractivity contribution in [3.8, 4) is 0 Å². The Labute approximate surface area is 318 Å². The van der Waals surface area contributed by atoms with Crippen molar-refractivity contribution in [1.29, 1.82) is 0 Å². The number of hydrogen-bond acceptors (Lipinski definition) is 8. The summed E-state index contributed by atoms with van der Waals surface area (Å²) >= 11 is 0. The fourth-order valence-corrected chi connectivity index (χ4v) is 7.03. The zero-order valence-corrected chi connectivity index (χ0v) is 33.6. The van der Waals surface area contributed by atoms with Crippen LogP contribution in [-0.4, -0.2) is 87.5 Å². The average Bonchev–Trinajstić information content (AvgIpc) is 3.14. The molecule has 0 bridgehead atoms. The van der Waals surface area contributed by atoms with Gasteiger partial charge in [-0.3, -0.25) is 4.79 Å². The van der Waals surface area contributed by atoms with Crippen LogP contribution in [0.3, 0.4) is 0 Å². The maximum atomic E-state index is 12.9. The second-order valence-electron chi connectivity index (χ2n) is 15.5. The molecule has 308 valence electrons. The van der Waals surface area contributed by atoms with Crippen LogP contribution in [0.25, 0.3) is 0 Å². The summed E-state index contributed by atoms with van der Waals surface area (Å²) < 4.78 is 11.2. The van der Waals surface area contributed by atoms with Crippen LogP contribution < -0.4 is 5.32 Å². The summed E-state index contributed by atoms with van der Waals surface area (Å²) in [7, 11) is 0. The van der Waals surface area contributed by atoms with Crippen molar-refractivity contribution >= 4 is 5.91 Å². The van der Waals surface area contributed by atoms with Gasteiger partial charge in [0, 0.05) is 6.42 Å². The van der Waals surface area contributed by atoms with E-state index in [2.05, 4.69) is 25.2 Å². The largest absolute Gasteiger partial charge is 0.394 e. The van der Waals surface area contributed by atoms with Crippen molar-refractivity contribution in [2.75, 3.05) is 13.2 Å². The molecule has 1 aliphatic heterocycles. The number of hydrogen-bond donors (Lipinski definition) is 6. The smallest absolute Gasteiger partial charge is 0.220 e. The Kier molecular flexibility index (Phi) is 32.4. The van der Waals surface area contributed by atoms with Gasteiger partial charge < -0.3 is 40.3 Å². The highest BCUT2D eigenvalue weighted by molar-refractivity contribution is 5.76. The predicted molar refractivity (Wildman–Crippen MR) is 212 cm³/mol. The molecule has 1 heterocycles. The lowest BCUT2D eigenvalue weighted by molar-refractivity contribution is -0.302. The molecule has 1 saturated heterocycles. The molecule has 1 aliphatic rings. The van der Waals surface area contributed by atoms with E-state index in [-0.39, 0.29) is 12.5 Å². The van der Waals surface area contributed by atoms with E-state index < -0.39 is 49.5 Å². The molecule has 9 nitrogen and oxygen atoms in total. The Hall–Kier alpha value is -1.07. The third-order valence-corrected chi connectivity index (χ3v) is 10.6. The Bertz CT molecular complexity index is 827. The second-order valence-corrected chi connectivity index (χ2v) is 15.5. The minimum atomic E-state index is -1.56. The molecule has 0 radical (unpaired) electrons. The predicted octanol–water partition coefficient (Wildman–Crippen LogP) is 8.56. The second kappa shape index (κ2) is 34.4. The molecule has 0 aromatic rings. The molecule has 0 saturated carbocycles. The number of unbranched alkanes of at least 4 members (excludes halogenated alkanes) is 25. The molecule has 6 N–H and O–H groups in total. The number of aliphatic hydroxyl groups is 5. The van der Waals surface area contributed by atoms with Gasteiger partial charge in [0.2, 0.25) is 5.91 Å². The van der Waals surface area contributed by atoms with E-state index in [1.807, 2.05) is 6.08 Å². The van der Waals surface area contributed by atoms with Crippen LogP contribution in [0.1, 0.15) is 200 Å². The van der Waals surface area contributed by atoms with E-state index in [1.165, 1.54) is 141 Å². The zero-order chi connectivity index (χ0) is 38.1. The van der Waals surface area contributed by atoms with Crippen LogP contribution in [0, 0.1) is 0 Å². The van der Waals surface area contributed by atoms with E-state index in [0.29, 0.717) is 12.8 Å². The summed E-state index contributed by atoms with van der Waals surface area (Å²) in [5.41, 5.74) is 0. The normalized spacial score (nSPS) is 21.9. The quantitative estimate of drug-likeness (QED) is 0.0277. The first-order chi connectivity index (χ1) is 25.3. The van der Waals surface area contributed by atoms with Gasteiger partial charge in [0.1, 0.15) is 24.4 Å². The average molecular weight is 742 g/mol. The summed E-state index contributed by atoms with van der Waals surface area (Å²) in [6.07, 6.45) is 30.9. The lowest BCUT2D eigenvalue weighted by Crippen LogP contribution is -2.60. The minimum absolute atomic E-state index is 0.166. The van der Waals surface area contributed by atoms with E-state index in [1.54, 1.807) is 0 Å². The first-order valence-corrected chi connectivity index (χ1v) is 21.9. The maximum absolute atomic E-state index is 12.9. The molecular formula is C43H83NO8. The highest BCUT2D eigenvalue weighted by Crippen LogP contribution is 2.23. The molecule has 0 aliphatic carbocycles. The van der Waals surface area contributed by atoms with Crippen molar-refractivity contribution in [2.24, 2.45) is 0 Å². The number of rotatable bonds is 36. The van der Waals surface area contributed by atoms with E-state index in [9.17, 15) is 30.3 Å². The monoisotopic (exact) mass is 742 g/mol. The highest BCUT2D eigenvalue weighted by atomic mass is 16.7. The molecule has 9 heteroatoms. The Balaban J connectivity index is 2.38. The first kappa shape index (κ1) is 48.9. The van der Waals surface area contributed by atoms with Crippen LogP contribution in [0.2, 0.25) is 0 Å². The molecule has 1 rings (SSSR count). The lowest BCUT2D eigenvalue weighted by Gasteiger charge is -2.40. The highest BCUT2D eigenvalue weighted by Gasteiger charge is 2.44. The topological polar surface area (TPSA) is 149 Å². The summed E-state index contributed by atoms with van der Waals surface area (Å²) in [4.78, 5) is 12.9. The van der Waals surface area contributed by atoms with Crippen molar-refractivity contribution in [3.05, 3.63) is 12.2 Å². The number of nitrogens with one attached hydrogen (secondary N) is 1. The van der Waals surface area contributed by atoms with Gasteiger partial charge in [-0.25, -0.2) is 0 Å². The number of carbonyl (C=O) groups is 1. The maximum Gasteiger partial charge on any atom is 0.220 e. The first-order valence-electron chi connectivity index (χ1n) is 21.9. The molecule has 0 unspecified atom stereocenters. The van der Waals surface area contributed by atoms with Gasteiger partial charge in [-0.15, -0.1) is 0 Å². The van der Waals surface area contributed by atoms with Crippen molar-refractivity contribution < 1.29 is 39.8 Å². The Morgan fingerprint density at radius 1 is 0.635 bits per heavy atom. The van der Waals surface area contributed by atoms with Crippen molar-refractivity contribution in [3.63, 3.8) is 0 Å². The van der Waals surface area contributed by atoms with Gasteiger partial charge in [-0.1, -0.05) is 180 Å². The van der Waals surface area contributed by atoms with Gasteiger partial charge in [0.05, 0.1) is 25.4 Å². The minimum Gasteiger partial charge on any atom is -0.394 e. The van der Waals surface area contributed by atoms with Crippen LogP contribution >= 0.6 is 0 Å². The lowest BCUT2D eigenvalue weighted by atomic mass is 9.99. The van der Waals surface area contributed by atoms with Crippen LogP contribution in [0.5, 0.6) is 0 Å². The number of amides is 1. The third-order valence-electron chi connectivity index (χ3n) is 10.6. The molecule has 7 atom stereocenters. The number of aliphatic hydroxyl groups excluding tert-OH is 5. The molecule has 0 spiro atoms. The summed E-state index contributed by atoms with van der Waals surface area (Å²) in [6, 6.07) is -0.761. The van der Waals surface area contributed by atoms with Crippen molar-refractivity contribution in [2.45, 2.75) is 243 Å². The van der Waals surface area contributed by atoms with Gasteiger partial charge in [-0.2, -0.15) is 0 Å². The van der Waals surface area contributed by atoms with Gasteiger partial charge in [-0.05, 0) is 25.7 Å². The standard InChI is InChI=1S/C43H83NO8/c1-3-5-7-9-11-13-15-17-19-21-23-25-27-29-31-33-39(47)44-36(35-51-43-42(50)41(49)40(48)38(34-45)52-43)37(46)32-30-28-26-24-22-20-18-16-14-12-10-8-6-4-2/h28,30,36-38,40-43,45-46,48-50H,3-27,29,31-35H2,1-2H3,(H,44,47)/b30-28+/t36-,37+,38+,40+,41-,42+,43+/m0/s1. The fourth-order valence-electron chi connectivity index (χ4n) is 7.03. The van der Waals surface area contributed by atoms with Crippen LogP contribution in [0.4, 0.5) is 0 Å². The molecule has 0 aromatic heterocycles. The number of allylic oxidation sites excluding steroid dienone is 1.